The minimum atomic E-state index is -1.04. The van der Waals surface area contributed by atoms with E-state index in [1.54, 1.807) is 0 Å². The van der Waals surface area contributed by atoms with Gasteiger partial charge in [-0.3, -0.25) is 4.79 Å². The summed E-state index contributed by atoms with van der Waals surface area (Å²) in [6.07, 6.45) is 5.12. The van der Waals surface area contributed by atoms with Gasteiger partial charge in [0.2, 0.25) is 0 Å². The van der Waals surface area contributed by atoms with Gasteiger partial charge in [0.15, 0.2) is 0 Å². The van der Waals surface area contributed by atoms with Crippen molar-refractivity contribution in [3.63, 3.8) is 0 Å². The van der Waals surface area contributed by atoms with Gasteiger partial charge in [0.25, 0.3) is 0 Å². The fourth-order valence-electron chi connectivity index (χ4n) is 2.24. The lowest BCUT2D eigenvalue weighted by molar-refractivity contribution is -0.147. The first-order valence-electron chi connectivity index (χ1n) is 5.78. The number of hydrogen-bond acceptors (Lipinski definition) is 3. The molecule has 0 bridgehead atoms. The lowest BCUT2D eigenvalue weighted by Gasteiger charge is -2.43. The van der Waals surface area contributed by atoms with Crippen LogP contribution in [0.1, 0.15) is 45.4 Å². The summed E-state index contributed by atoms with van der Waals surface area (Å²) in [6, 6.07) is 0.156. The molecular weight excluding hydrogens is 192 g/mol. The summed E-state index contributed by atoms with van der Waals surface area (Å²) in [5, 5.41) is 9.19. The van der Waals surface area contributed by atoms with Crippen molar-refractivity contribution in [2.24, 2.45) is 17.4 Å². The van der Waals surface area contributed by atoms with Crippen LogP contribution >= 0.6 is 0 Å². The summed E-state index contributed by atoms with van der Waals surface area (Å²) in [7, 11) is 0. The Kier molecular flexibility index (Phi) is 4.11. The van der Waals surface area contributed by atoms with Crippen molar-refractivity contribution in [3.05, 3.63) is 0 Å². The van der Waals surface area contributed by atoms with E-state index in [0.29, 0.717) is 6.42 Å². The molecular formula is C11H22N2O2. The molecule has 0 aromatic heterocycles. The van der Waals surface area contributed by atoms with Gasteiger partial charge in [0.1, 0.15) is 5.54 Å². The van der Waals surface area contributed by atoms with Gasteiger partial charge in [-0.1, -0.05) is 26.2 Å². The number of carboxylic acid groups (broad SMARTS) is 1. The molecule has 0 spiro atoms. The molecule has 4 nitrogen and oxygen atoms in total. The summed E-state index contributed by atoms with van der Waals surface area (Å²) in [5.41, 5.74) is 10.6. The molecule has 0 amide bonds. The number of hydrogen-bond donors (Lipinski definition) is 3. The van der Waals surface area contributed by atoms with Gasteiger partial charge in [-0.15, -0.1) is 0 Å². The van der Waals surface area contributed by atoms with Gasteiger partial charge in [-0.05, 0) is 25.2 Å². The van der Waals surface area contributed by atoms with Crippen LogP contribution in [-0.2, 0) is 4.79 Å². The molecule has 1 saturated carbocycles. The SMILES string of the molecule is CCCCCC(N)(C(=O)O)[C@H]1C[C@@H](N)C1. The Morgan fingerprint density at radius 2 is 2.07 bits per heavy atom. The average molecular weight is 214 g/mol. The molecule has 0 aliphatic heterocycles. The number of unbranched alkanes of at least 4 members (excludes halogenated alkanes) is 2. The Morgan fingerprint density at radius 3 is 2.47 bits per heavy atom. The minimum Gasteiger partial charge on any atom is -0.480 e. The monoisotopic (exact) mass is 214 g/mol. The van der Waals surface area contributed by atoms with Crippen molar-refractivity contribution >= 4 is 5.97 Å². The molecule has 1 fully saturated rings. The lowest BCUT2D eigenvalue weighted by Crippen LogP contribution is -2.60. The van der Waals surface area contributed by atoms with Crippen LogP contribution in [0.3, 0.4) is 0 Å². The molecule has 88 valence electrons. The van der Waals surface area contributed by atoms with Crippen molar-refractivity contribution in [2.75, 3.05) is 0 Å². The summed E-state index contributed by atoms with van der Waals surface area (Å²) in [6.45, 7) is 2.10. The van der Waals surface area contributed by atoms with Gasteiger partial charge < -0.3 is 16.6 Å². The lowest BCUT2D eigenvalue weighted by atomic mass is 9.67. The molecule has 1 rings (SSSR count). The van der Waals surface area contributed by atoms with E-state index in [-0.39, 0.29) is 12.0 Å². The van der Waals surface area contributed by atoms with Crippen LogP contribution in [0.5, 0.6) is 0 Å². The second-order valence-corrected chi connectivity index (χ2v) is 4.73. The van der Waals surface area contributed by atoms with E-state index in [2.05, 4.69) is 6.92 Å². The smallest absolute Gasteiger partial charge is 0.323 e. The Hall–Kier alpha value is -0.610. The number of aliphatic carboxylic acids is 1. The van der Waals surface area contributed by atoms with Gasteiger partial charge >= 0.3 is 5.97 Å². The number of carbonyl (C=O) groups is 1. The first-order valence-corrected chi connectivity index (χ1v) is 5.78. The number of nitrogens with two attached hydrogens (primary N) is 2. The van der Waals surface area contributed by atoms with E-state index < -0.39 is 11.5 Å². The second-order valence-electron chi connectivity index (χ2n) is 4.73. The average Bonchev–Trinajstić information content (AvgIpc) is 2.13. The summed E-state index contributed by atoms with van der Waals surface area (Å²) in [5.74, 6) is -0.794. The van der Waals surface area contributed by atoms with E-state index in [9.17, 15) is 9.90 Å². The first-order chi connectivity index (χ1) is 7.00. The van der Waals surface area contributed by atoms with Crippen LogP contribution in [0.15, 0.2) is 0 Å². The third-order valence-electron chi connectivity index (χ3n) is 3.50. The Labute approximate surface area is 91.0 Å². The molecule has 15 heavy (non-hydrogen) atoms. The van der Waals surface area contributed by atoms with Crippen molar-refractivity contribution in [1.82, 2.24) is 0 Å². The van der Waals surface area contributed by atoms with Gasteiger partial charge in [-0.2, -0.15) is 0 Å². The molecule has 0 radical (unpaired) electrons. The van der Waals surface area contributed by atoms with E-state index in [0.717, 1.165) is 32.1 Å². The first kappa shape index (κ1) is 12.5. The minimum absolute atomic E-state index is 0.0712. The maximum absolute atomic E-state index is 11.2. The molecule has 4 heteroatoms. The number of rotatable bonds is 6. The van der Waals surface area contributed by atoms with Crippen molar-refractivity contribution < 1.29 is 9.90 Å². The molecule has 1 unspecified atom stereocenters. The third kappa shape index (κ3) is 2.69. The van der Waals surface area contributed by atoms with Crippen molar-refractivity contribution in [1.29, 1.82) is 0 Å². The quantitative estimate of drug-likeness (QED) is 0.577. The van der Waals surface area contributed by atoms with Crippen LogP contribution in [0.4, 0.5) is 0 Å². The van der Waals surface area contributed by atoms with Crippen LogP contribution in [0.2, 0.25) is 0 Å². The molecule has 0 saturated heterocycles. The normalized spacial score (nSPS) is 29.3. The van der Waals surface area contributed by atoms with Crippen LogP contribution in [-0.4, -0.2) is 22.7 Å². The molecule has 1 aliphatic rings. The fourth-order valence-corrected chi connectivity index (χ4v) is 2.24. The zero-order chi connectivity index (χ0) is 11.5. The molecule has 0 aromatic rings. The standard InChI is InChI=1S/C11H22N2O2/c1-2-3-4-5-11(13,10(14)15)8-6-9(12)7-8/h8-9H,2-7,12-13H2,1H3,(H,14,15)/t8-,9+,11?. The maximum atomic E-state index is 11.2. The molecule has 0 aromatic carbocycles. The molecule has 1 aliphatic carbocycles. The van der Waals surface area contributed by atoms with Gasteiger partial charge in [0.05, 0.1) is 0 Å². The van der Waals surface area contributed by atoms with Crippen molar-refractivity contribution in [2.45, 2.75) is 57.0 Å². The maximum Gasteiger partial charge on any atom is 0.323 e. The second kappa shape index (κ2) is 4.94. The van der Waals surface area contributed by atoms with E-state index in [4.69, 9.17) is 11.5 Å². The highest BCUT2D eigenvalue weighted by atomic mass is 16.4. The van der Waals surface area contributed by atoms with Crippen LogP contribution in [0.25, 0.3) is 0 Å². The summed E-state index contributed by atoms with van der Waals surface area (Å²) >= 11 is 0. The molecule has 0 heterocycles. The van der Waals surface area contributed by atoms with Crippen LogP contribution < -0.4 is 11.5 Å². The van der Waals surface area contributed by atoms with E-state index in [1.807, 2.05) is 0 Å². The highest BCUT2D eigenvalue weighted by molar-refractivity contribution is 5.79. The Morgan fingerprint density at radius 1 is 1.47 bits per heavy atom. The summed E-state index contributed by atoms with van der Waals surface area (Å²) < 4.78 is 0. The summed E-state index contributed by atoms with van der Waals surface area (Å²) in [4.78, 5) is 11.2. The molecule has 5 N–H and O–H groups in total. The zero-order valence-electron chi connectivity index (χ0n) is 9.41. The fraction of sp³-hybridized carbons (Fsp3) is 0.909. The Bertz CT molecular complexity index is 227. The largest absolute Gasteiger partial charge is 0.480 e. The topological polar surface area (TPSA) is 89.3 Å². The van der Waals surface area contributed by atoms with Gasteiger partial charge in [-0.25, -0.2) is 0 Å². The van der Waals surface area contributed by atoms with Crippen LogP contribution in [0, 0.1) is 5.92 Å². The highest BCUT2D eigenvalue weighted by Crippen LogP contribution is 2.37. The molecule has 1 atom stereocenters. The van der Waals surface area contributed by atoms with E-state index >= 15 is 0 Å². The number of carboxylic acids is 1. The third-order valence-corrected chi connectivity index (χ3v) is 3.50. The van der Waals surface area contributed by atoms with Gasteiger partial charge in [0, 0.05) is 6.04 Å². The highest BCUT2D eigenvalue weighted by Gasteiger charge is 2.47. The Balaban J connectivity index is 2.50. The predicted octanol–water partition coefficient (Wildman–Crippen LogP) is 1.09. The van der Waals surface area contributed by atoms with E-state index in [1.165, 1.54) is 0 Å². The predicted molar refractivity (Wildman–Crippen MR) is 59.4 cm³/mol. The zero-order valence-corrected chi connectivity index (χ0v) is 9.41. The van der Waals surface area contributed by atoms with Crippen molar-refractivity contribution in [3.8, 4) is 0 Å².